The van der Waals surface area contributed by atoms with Gasteiger partial charge in [-0.05, 0) is 75.8 Å². The number of amides is 1. The first-order valence-corrected chi connectivity index (χ1v) is 13.4. The third kappa shape index (κ3) is 4.91. The van der Waals surface area contributed by atoms with Gasteiger partial charge in [0.15, 0.2) is 0 Å². The minimum atomic E-state index is -0.637. The Labute approximate surface area is 218 Å². The van der Waals surface area contributed by atoms with Gasteiger partial charge in [-0.3, -0.25) is 4.79 Å². The fourth-order valence-corrected chi connectivity index (χ4v) is 6.10. The molecule has 0 radical (unpaired) electrons. The summed E-state index contributed by atoms with van der Waals surface area (Å²) in [4.78, 5) is 28.1. The molecule has 0 unspecified atom stereocenters. The Hall–Kier alpha value is -3.12. The van der Waals surface area contributed by atoms with Crippen LogP contribution in [0.25, 0.3) is 11.0 Å². The Morgan fingerprint density at radius 1 is 1.11 bits per heavy atom. The maximum Gasteiger partial charge on any atom is 0.340 e. The van der Waals surface area contributed by atoms with Crippen LogP contribution in [0.3, 0.4) is 0 Å². The standard InChI is InChI=1S/C31H37NO5/c1-19-8-9-20(2)23(15-19)18-36-27-11-10-25-21(3)26(30(34)37-29(25)22(27)4)16-28(33)32-14-13-31(35)12-6-5-7-24(31)17-32/h8-11,15,24,35H,5-7,12-14,16-18H2,1-4H3/t24-,31-/m0/s1. The number of aliphatic hydroxyl groups is 1. The van der Waals surface area contributed by atoms with Crippen molar-refractivity contribution in [3.63, 3.8) is 0 Å². The largest absolute Gasteiger partial charge is 0.488 e. The average Bonchev–Trinajstić information content (AvgIpc) is 2.87. The number of benzene rings is 2. The van der Waals surface area contributed by atoms with Crippen LogP contribution in [0, 0.1) is 33.6 Å². The first kappa shape index (κ1) is 25.5. The van der Waals surface area contributed by atoms with E-state index in [1.807, 2.05) is 30.9 Å². The number of fused-ring (bicyclic) bond motifs is 2. The van der Waals surface area contributed by atoms with E-state index in [1.54, 1.807) is 0 Å². The number of piperidine rings is 1. The summed E-state index contributed by atoms with van der Waals surface area (Å²) in [5.41, 5.74) is 4.82. The van der Waals surface area contributed by atoms with E-state index < -0.39 is 11.2 Å². The van der Waals surface area contributed by atoms with Gasteiger partial charge in [0.05, 0.1) is 17.6 Å². The van der Waals surface area contributed by atoms with Crippen molar-refractivity contribution in [1.29, 1.82) is 0 Å². The second-order valence-electron chi connectivity index (χ2n) is 11.1. The first-order valence-electron chi connectivity index (χ1n) is 13.4. The van der Waals surface area contributed by atoms with Crippen molar-refractivity contribution in [2.24, 2.45) is 5.92 Å². The quantitative estimate of drug-likeness (QED) is 0.478. The molecule has 1 N–H and O–H groups in total. The van der Waals surface area contributed by atoms with Crippen molar-refractivity contribution in [3.8, 4) is 5.75 Å². The number of likely N-dealkylation sites (tertiary alicyclic amines) is 1. The summed E-state index contributed by atoms with van der Waals surface area (Å²) in [7, 11) is 0. The first-order chi connectivity index (χ1) is 17.7. The number of rotatable bonds is 5. The van der Waals surface area contributed by atoms with E-state index >= 15 is 0 Å². The maximum absolute atomic E-state index is 13.2. The molecule has 196 valence electrons. The molecule has 3 aromatic rings. The molecule has 37 heavy (non-hydrogen) atoms. The molecule has 2 atom stereocenters. The highest BCUT2D eigenvalue weighted by atomic mass is 16.5. The molecular weight excluding hydrogens is 466 g/mol. The minimum Gasteiger partial charge on any atom is -0.488 e. The molecule has 2 aromatic carbocycles. The molecule has 2 aliphatic rings. The fraction of sp³-hybridized carbons (Fsp3) is 0.484. The molecule has 6 nitrogen and oxygen atoms in total. The summed E-state index contributed by atoms with van der Waals surface area (Å²) in [6.07, 6.45) is 4.54. The fourth-order valence-electron chi connectivity index (χ4n) is 6.10. The van der Waals surface area contributed by atoms with Crippen LogP contribution >= 0.6 is 0 Å². The molecule has 0 bridgehead atoms. The summed E-state index contributed by atoms with van der Waals surface area (Å²) in [5.74, 6) is 0.721. The minimum absolute atomic E-state index is 0.0131. The lowest BCUT2D eigenvalue weighted by atomic mass is 9.71. The Morgan fingerprint density at radius 2 is 1.92 bits per heavy atom. The molecule has 2 heterocycles. The van der Waals surface area contributed by atoms with Crippen molar-refractivity contribution in [2.45, 2.75) is 78.4 Å². The van der Waals surface area contributed by atoms with Crippen molar-refractivity contribution in [3.05, 3.63) is 74.1 Å². The van der Waals surface area contributed by atoms with Crippen LogP contribution in [-0.2, 0) is 17.8 Å². The second kappa shape index (κ2) is 9.97. The molecule has 1 aromatic heterocycles. The smallest absolute Gasteiger partial charge is 0.340 e. The summed E-state index contributed by atoms with van der Waals surface area (Å²) >= 11 is 0. The average molecular weight is 504 g/mol. The predicted molar refractivity (Wildman–Crippen MR) is 144 cm³/mol. The van der Waals surface area contributed by atoms with Gasteiger partial charge in [-0.15, -0.1) is 0 Å². The van der Waals surface area contributed by atoms with Gasteiger partial charge in [0.1, 0.15) is 17.9 Å². The molecular formula is C31H37NO5. The van der Waals surface area contributed by atoms with Gasteiger partial charge < -0.3 is 19.2 Å². The third-order valence-corrected chi connectivity index (χ3v) is 8.65. The molecule has 1 saturated heterocycles. The highest BCUT2D eigenvalue weighted by molar-refractivity contribution is 5.87. The van der Waals surface area contributed by atoms with Crippen molar-refractivity contribution in [1.82, 2.24) is 4.90 Å². The maximum atomic E-state index is 13.2. The van der Waals surface area contributed by atoms with Crippen molar-refractivity contribution in [2.75, 3.05) is 13.1 Å². The van der Waals surface area contributed by atoms with E-state index in [-0.39, 0.29) is 18.2 Å². The van der Waals surface area contributed by atoms with Crippen molar-refractivity contribution < 1.29 is 19.1 Å². The summed E-state index contributed by atoms with van der Waals surface area (Å²) in [5, 5.41) is 11.8. The number of carbonyl (C=O) groups excluding carboxylic acids is 1. The van der Waals surface area contributed by atoms with E-state index in [0.29, 0.717) is 43.0 Å². The Bertz CT molecular complexity index is 1410. The zero-order chi connectivity index (χ0) is 26.3. The summed E-state index contributed by atoms with van der Waals surface area (Å²) in [6, 6.07) is 10.1. The van der Waals surface area contributed by atoms with Crippen molar-refractivity contribution >= 4 is 16.9 Å². The van der Waals surface area contributed by atoms with E-state index in [0.717, 1.165) is 47.8 Å². The zero-order valence-corrected chi connectivity index (χ0v) is 22.4. The molecule has 5 rings (SSSR count). The lowest BCUT2D eigenvalue weighted by Crippen LogP contribution is -2.55. The number of ether oxygens (including phenoxy) is 1. The van der Waals surface area contributed by atoms with E-state index in [9.17, 15) is 14.7 Å². The van der Waals surface area contributed by atoms with E-state index in [1.165, 1.54) is 11.1 Å². The Balaban J connectivity index is 1.35. The lowest BCUT2D eigenvalue weighted by molar-refractivity contribution is -0.142. The third-order valence-electron chi connectivity index (χ3n) is 8.65. The number of hydrogen-bond donors (Lipinski definition) is 1. The number of nitrogens with zero attached hydrogens (tertiary/aromatic N) is 1. The highest BCUT2D eigenvalue weighted by Gasteiger charge is 2.43. The number of aryl methyl sites for hydroxylation is 4. The molecule has 6 heteroatoms. The van der Waals surface area contributed by atoms with Crippen LogP contribution in [0.15, 0.2) is 39.5 Å². The molecule has 1 amide bonds. The number of hydrogen-bond acceptors (Lipinski definition) is 5. The van der Waals surface area contributed by atoms with E-state index in [4.69, 9.17) is 9.15 Å². The van der Waals surface area contributed by atoms with Gasteiger partial charge in [-0.25, -0.2) is 4.79 Å². The number of carbonyl (C=O) groups is 1. The van der Waals surface area contributed by atoms with Crippen LogP contribution < -0.4 is 10.4 Å². The van der Waals surface area contributed by atoms with E-state index in [2.05, 4.69) is 32.0 Å². The summed E-state index contributed by atoms with van der Waals surface area (Å²) < 4.78 is 11.9. The zero-order valence-electron chi connectivity index (χ0n) is 22.4. The van der Waals surface area contributed by atoms with Crippen LogP contribution in [0.4, 0.5) is 0 Å². The second-order valence-corrected chi connectivity index (χ2v) is 11.1. The molecule has 1 aliphatic carbocycles. The SMILES string of the molecule is Cc1ccc(C)c(COc2ccc3c(C)c(CC(=O)N4CC[C@@]5(O)CCCC[C@H]5C4)c(=O)oc3c2C)c1. The van der Waals surface area contributed by atoms with Gasteiger partial charge in [-0.2, -0.15) is 0 Å². The van der Waals surface area contributed by atoms with Crippen LogP contribution in [-0.4, -0.2) is 34.6 Å². The monoisotopic (exact) mass is 503 g/mol. The summed E-state index contributed by atoms with van der Waals surface area (Å²) in [6.45, 7) is 9.43. The molecule has 1 aliphatic heterocycles. The topological polar surface area (TPSA) is 80.0 Å². The molecule has 0 spiro atoms. The van der Waals surface area contributed by atoms with Gasteiger partial charge in [0, 0.05) is 30.0 Å². The van der Waals surface area contributed by atoms with Gasteiger partial charge in [-0.1, -0.05) is 36.6 Å². The predicted octanol–water partition coefficient (Wildman–Crippen LogP) is 5.30. The van der Waals surface area contributed by atoms with Crippen LogP contribution in [0.1, 0.15) is 65.5 Å². The van der Waals surface area contributed by atoms with Crippen LogP contribution in [0.2, 0.25) is 0 Å². The Kier molecular flexibility index (Phi) is 6.88. The normalized spacial score (nSPS) is 21.6. The van der Waals surface area contributed by atoms with Crippen LogP contribution in [0.5, 0.6) is 5.75 Å². The molecule has 2 fully saturated rings. The van der Waals surface area contributed by atoms with Gasteiger partial charge in [0.25, 0.3) is 0 Å². The van der Waals surface area contributed by atoms with Gasteiger partial charge >= 0.3 is 5.63 Å². The highest BCUT2D eigenvalue weighted by Crippen LogP contribution is 2.40. The lowest BCUT2D eigenvalue weighted by Gasteiger charge is -2.47. The Morgan fingerprint density at radius 3 is 2.73 bits per heavy atom. The van der Waals surface area contributed by atoms with Gasteiger partial charge in [0.2, 0.25) is 5.91 Å². The molecule has 1 saturated carbocycles.